The highest BCUT2D eigenvalue weighted by molar-refractivity contribution is 7.89. The standard InChI is InChI=1S/C18H20FN3O5S/c1-21(12-17(23)20-15-8-5-7-14(19)11-15)18(24)13-6-4-9-16(10-13)28(25,26)22(2)27-3/h4-11H,12H2,1-3H3,(H,20,23). The number of hydrogen-bond acceptors (Lipinski definition) is 5. The molecule has 2 aromatic rings. The van der Waals surface area contributed by atoms with E-state index in [0.29, 0.717) is 4.47 Å². The Morgan fingerprint density at radius 2 is 1.79 bits per heavy atom. The SMILES string of the molecule is CON(C)S(=O)(=O)c1cccc(C(=O)N(C)CC(=O)Nc2cccc(F)c2)c1. The quantitative estimate of drug-likeness (QED) is 0.703. The van der Waals surface area contributed by atoms with E-state index in [4.69, 9.17) is 4.84 Å². The smallest absolute Gasteiger partial charge is 0.264 e. The molecule has 2 aromatic carbocycles. The number of hydroxylamine groups is 1. The van der Waals surface area contributed by atoms with Crippen LogP contribution in [0.15, 0.2) is 53.4 Å². The Hall–Kier alpha value is -2.82. The van der Waals surface area contributed by atoms with Gasteiger partial charge in [0.25, 0.3) is 15.9 Å². The van der Waals surface area contributed by atoms with Crippen LogP contribution in [-0.2, 0) is 19.7 Å². The molecular weight excluding hydrogens is 389 g/mol. The number of anilines is 1. The summed E-state index contributed by atoms with van der Waals surface area (Å²) in [6.45, 7) is -0.301. The van der Waals surface area contributed by atoms with Gasteiger partial charge in [-0.25, -0.2) is 12.8 Å². The molecule has 0 unspecified atom stereocenters. The van der Waals surface area contributed by atoms with Crippen molar-refractivity contribution >= 4 is 27.5 Å². The molecule has 0 aliphatic heterocycles. The van der Waals surface area contributed by atoms with Crippen molar-refractivity contribution in [1.82, 2.24) is 9.37 Å². The molecule has 0 saturated carbocycles. The normalized spacial score (nSPS) is 11.3. The van der Waals surface area contributed by atoms with Crippen molar-refractivity contribution in [2.75, 3.05) is 33.1 Å². The number of carbonyl (C=O) groups excluding carboxylic acids is 2. The van der Waals surface area contributed by atoms with Crippen LogP contribution in [0.1, 0.15) is 10.4 Å². The third-order valence-corrected chi connectivity index (χ3v) is 5.49. The lowest BCUT2D eigenvalue weighted by Gasteiger charge is -2.18. The number of halogens is 1. The molecule has 0 atom stereocenters. The third-order valence-electron chi connectivity index (χ3n) is 3.81. The van der Waals surface area contributed by atoms with Crippen LogP contribution in [0.4, 0.5) is 10.1 Å². The minimum atomic E-state index is -3.91. The van der Waals surface area contributed by atoms with E-state index in [1.54, 1.807) is 0 Å². The van der Waals surface area contributed by atoms with Crippen molar-refractivity contribution in [3.05, 3.63) is 59.9 Å². The van der Waals surface area contributed by atoms with Crippen molar-refractivity contribution < 1.29 is 27.2 Å². The van der Waals surface area contributed by atoms with Crippen molar-refractivity contribution in [3.8, 4) is 0 Å². The van der Waals surface area contributed by atoms with Crippen LogP contribution < -0.4 is 5.32 Å². The van der Waals surface area contributed by atoms with E-state index in [1.165, 1.54) is 63.7 Å². The second kappa shape index (κ2) is 8.91. The number of sulfonamides is 1. The molecular formula is C18H20FN3O5S. The first kappa shape index (κ1) is 21.5. The minimum Gasteiger partial charge on any atom is -0.332 e. The van der Waals surface area contributed by atoms with Gasteiger partial charge in [-0.05, 0) is 36.4 Å². The van der Waals surface area contributed by atoms with Crippen LogP contribution in [0.2, 0.25) is 0 Å². The molecule has 0 aliphatic carbocycles. The number of carbonyl (C=O) groups is 2. The van der Waals surface area contributed by atoms with E-state index in [9.17, 15) is 22.4 Å². The lowest BCUT2D eigenvalue weighted by Crippen LogP contribution is -2.35. The molecule has 2 rings (SSSR count). The predicted molar refractivity (Wildman–Crippen MR) is 100 cm³/mol. The molecule has 0 fully saturated rings. The largest absolute Gasteiger partial charge is 0.332 e. The highest BCUT2D eigenvalue weighted by atomic mass is 32.2. The fourth-order valence-corrected chi connectivity index (χ4v) is 3.33. The summed E-state index contributed by atoms with van der Waals surface area (Å²) in [5.74, 6) is -1.57. The van der Waals surface area contributed by atoms with Crippen LogP contribution in [-0.4, -0.2) is 57.4 Å². The van der Waals surface area contributed by atoms with Gasteiger partial charge in [0.15, 0.2) is 0 Å². The maximum Gasteiger partial charge on any atom is 0.264 e. The van der Waals surface area contributed by atoms with Gasteiger partial charge in [0.1, 0.15) is 5.82 Å². The van der Waals surface area contributed by atoms with Gasteiger partial charge in [0.2, 0.25) is 5.91 Å². The van der Waals surface area contributed by atoms with Crippen molar-refractivity contribution in [2.24, 2.45) is 0 Å². The molecule has 0 radical (unpaired) electrons. The van der Waals surface area contributed by atoms with Gasteiger partial charge in [-0.2, -0.15) is 0 Å². The molecule has 0 heterocycles. The Morgan fingerprint density at radius 1 is 1.11 bits per heavy atom. The van der Waals surface area contributed by atoms with Gasteiger partial charge in [-0.3, -0.25) is 14.4 Å². The van der Waals surface area contributed by atoms with Crippen LogP contribution in [0.5, 0.6) is 0 Å². The summed E-state index contributed by atoms with van der Waals surface area (Å²) in [5.41, 5.74) is 0.355. The zero-order chi connectivity index (χ0) is 20.9. The molecule has 8 nitrogen and oxygen atoms in total. The molecule has 0 spiro atoms. The van der Waals surface area contributed by atoms with E-state index in [-0.39, 0.29) is 22.7 Å². The summed E-state index contributed by atoms with van der Waals surface area (Å²) in [4.78, 5) is 30.3. The zero-order valence-electron chi connectivity index (χ0n) is 15.5. The first-order valence-corrected chi connectivity index (χ1v) is 9.53. The van der Waals surface area contributed by atoms with Gasteiger partial charge in [0, 0.05) is 25.3 Å². The van der Waals surface area contributed by atoms with E-state index in [1.807, 2.05) is 0 Å². The van der Waals surface area contributed by atoms with Gasteiger partial charge >= 0.3 is 0 Å². The first-order valence-electron chi connectivity index (χ1n) is 8.09. The second-order valence-electron chi connectivity index (χ2n) is 5.84. The lowest BCUT2D eigenvalue weighted by atomic mass is 10.2. The van der Waals surface area contributed by atoms with Crippen LogP contribution >= 0.6 is 0 Å². The van der Waals surface area contributed by atoms with Gasteiger partial charge in [-0.15, -0.1) is 0 Å². The topological polar surface area (TPSA) is 96.0 Å². The Kier molecular flexibility index (Phi) is 6.84. The van der Waals surface area contributed by atoms with Gasteiger partial charge < -0.3 is 10.2 Å². The van der Waals surface area contributed by atoms with Crippen LogP contribution in [0, 0.1) is 5.82 Å². The van der Waals surface area contributed by atoms with Crippen molar-refractivity contribution in [3.63, 3.8) is 0 Å². The molecule has 0 saturated heterocycles. The average Bonchev–Trinajstić information content (AvgIpc) is 2.66. The number of nitrogens with one attached hydrogen (secondary N) is 1. The maximum atomic E-state index is 13.2. The number of benzene rings is 2. The third kappa shape index (κ3) is 5.12. The van der Waals surface area contributed by atoms with Gasteiger partial charge in [0.05, 0.1) is 18.6 Å². The Morgan fingerprint density at radius 3 is 2.43 bits per heavy atom. The molecule has 2 amide bonds. The van der Waals surface area contributed by atoms with Gasteiger partial charge in [-0.1, -0.05) is 16.6 Å². The number of rotatable bonds is 7. The monoisotopic (exact) mass is 409 g/mol. The van der Waals surface area contributed by atoms with Crippen LogP contribution in [0.25, 0.3) is 0 Å². The number of nitrogens with zero attached hydrogens (tertiary/aromatic N) is 2. The molecule has 0 bridgehead atoms. The van der Waals surface area contributed by atoms with E-state index in [2.05, 4.69) is 5.32 Å². The minimum absolute atomic E-state index is 0.0895. The second-order valence-corrected chi connectivity index (χ2v) is 7.78. The summed E-state index contributed by atoms with van der Waals surface area (Å²) in [6, 6.07) is 10.8. The Labute approximate surface area is 162 Å². The van der Waals surface area contributed by atoms with Crippen LogP contribution in [0.3, 0.4) is 0 Å². The van der Waals surface area contributed by atoms with Crippen molar-refractivity contribution in [1.29, 1.82) is 0 Å². The molecule has 28 heavy (non-hydrogen) atoms. The van der Waals surface area contributed by atoms with E-state index >= 15 is 0 Å². The van der Waals surface area contributed by atoms with Crippen molar-refractivity contribution in [2.45, 2.75) is 4.90 Å². The lowest BCUT2D eigenvalue weighted by molar-refractivity contribution is -0.116. The summed E-state index contributed by atoms with van der Waals surface area (Å²) in [5, 5.41) is 2.49. The summed E-state index contributed by atoms with van der Waals surface area (Å²) >= 11 is 0. The summed E-state index contributed by atoms with van der Waals surface area (Å²) in [6.07, 6.45) is 0. The number of hydrogen-bond donors (Lipinski definition) is 1. The predicted octanol–water partition coefficient (Wildman–Crippen LogP) is 1.72. The Balaban J connectivity index is 2.11. The fourth-order valence-electron chi connectivity index (χ4n) is 2.31. The average molecular weight is 409 g/mol. The highest BCUT2D eigenvalue weighted by Crippen LogP contribution is 2.17. The summed E-state index contributed by atoms with van der Waals surface area (Å²) < 4.78 is 38.4. The molecule has 0 aromatic heterocycles. The summed E-state index contributed by atoms with van der Waals surface area (Å²) in [7, 11) is -0.0795. The number of amides is 2. The maximum absolute atomic E-state index is 13.2. The molecule has 10 heteroatoms. The van der Waals surface area contributed by atoms with E-state index < -0.39 is 27.7 Å². The van der Waals surface area contributed by atoms with E-state index in [0.717, 1.165) is 11.0 Å². The highest BCUT2D eigenvalue weighted by Gasteiger charge is 2.23. The Bertz CT molecular complexity index is 981. The molecule has 1 N–H and O–H groups in total. The zero-order valence-corrected chi connectivity index (χ0v) is 16.4. The fraction of sp³-hybridized carbons (Fsp3) is 0.222. The molecule has 150 valence electrons. The number of likely N-dealkylation sites (N-methyl/N-ethyl adjacent to an activating group) is 1. The first-order chi connectivity index (χ1) is 13.1. The molecule has 0 aliphatic rings.